The number of halogens is 2. The second-order valence-electron chi connectivity index (χ2n) is 4.76. The van der Waals surface area contributed by atoms with E-state index in [1.54, 1.807) is 0 Å². The largest absolute Gasteiger partial charge is 0.480 e. The van der Waals surface area contributed by atoms with E-state index in [0.29, 0.717) is 6.07 Å². The fourth-order valence-corrected chi connectivity index (χ4v) is 1.65. The standard InChI is InChI=1S/C13H16F2N2O3/c1-8(2)6-17(7-12(18)19)13(20)16-11-4-9(14)3-10(15)5-11/h3-5,8H,6-7H2,1-2H3,(H,16,20)(H,18,19). The maximum Gasteiger partial charge on any atom is 0.323 e. The van der Waals surface area contributed by atoms with Crippen molar-refractivity contribution in [3.8, 4) is 0 Å². The fraction of sp³-hybridized carbons (Fsp3) is 0.385. The molecule has 0 unspecified atom stereocenters. The lowest BCUT2D eigenvalue weighted by Crippen LogP contribution is -2.41. The van der Waals surface area contributed by atoms with Crippen LogP contribution < -0.4 is 5.32 Å². The third kappa shape index (κ3) is 5.21. The minimum Gasteiger partial charge on any atom is -0.480 e. The number of rotatable bonds is 5. The van der Waals surface area contributed by atoms with Gasteiger partial charge in [-0.2, -0.15) is 0 Å². The molecular weight excluding hydrogens is 270 g/mol. The first-order chi connectivity index (χ1) is 9.27. The highest BCUT2D eigenvalue weighted by Gasteiger charge is 2.18. The number of carbonyl (C=O) groups excluding carboxylic acids is 1. The monoisotopic (exact) mass is 286 g/mol. The van der Waals surface area contributed by atoms with Crippen LogP contribution in [0.4, 0.5) is 19.3 Å². The van der Waals surface area contributed by atoms with Gasteiger partial charge in [-0.25, -0.2) is 13.6 Å². The number of aliphatic carboxylic acids is 1. The Kier molecular flexibility index (Phi) is 5.42. The Bertz CT molecular complexity index is 486. The van der Waals surface area contributed by atoms with Crippen molar-refractivity contribution in [3.05, 3.63) is 29.8 Å². The molecule has 0 saturated carbocycles. The number of nitrogens with zero attached hydrogens (tertiary/aromatic N) is 1. The first kappa shape index (κ1) is 15.9. The Morgan fingerprint density at radius 1 is 1.25 bits per heavy atom. The minimum atomic E-state index is -1.16. The lowest BCUT2D eigenvalue weighted by Gasteiger charge is -2.23. The summed E-state index contributed by atoms with van der Waals surface area (Å²) in [6, 6.07) is 1.87. The van der Waals surface area contributed by atoms with Gasteiger partial charge in [0.15, 0.2) is 0 Å². The molecule has 0 fully saturated rings. The van der Waals surface area contributed by atoms with Crippen molar-refractivity contribution in [1.82, 2.24) is 4.90 Å². The topological polar surface area (TPSA) is 69.6 Å². The lowest BCUT2D eigenvalue weighted by molar-refractivity contribution is -0.137. The highest BCUT2D eigenvalue weighted by molar-refractivity contribution is 5.91. The lowest BCUT2D eigenvalue weighted by atomic mass is 10.2. The molecule has 1 aromatic rings. The van der Waals surface area contributed by atoms with Crippen molar-refractivity contribution in [2.75, 3.05) is 18.4 Å². The average molecular weight is 286 g/mol. The van der Waals surface area contributed by atoms with Gasteiger partial charge in [0.05, 0.1) is 0 Å². The Balaban J connectivity index is 2.81. The van der Waals surface area contributed by atoms with Gasteiger partial charge in [-0.3, -0.25) is 4.79 Å². The fourth-order valence-electron chi connectivity index (χ4n) is 1.65. The van der Waals surface area contributed by atoms with Gasteiger partial charge in [-0.05, 0) is 18.1 Å². The maximum atomic E-state index is 13.0. The molecule has 0 heterocycles. The Morgan fingerprint density at radius 2 is 1.80 bits per heavy atom. The van der Waals surface area contributed by atoms with Crippen LogP contribution in [-0.2, 0) is 4.79 Å². The molecule has 0 saturated heterocycles. The van der Waals surface area contributed by atoms with Crippen molar-refractivity contribution in [2.45, 2.75) is 13.8 Å². The van der Waals surface area contributed by atoms with Crippen molar-refractivity contribution < 1.29 is 23.5 Å². The van der Waals surface area contributed by atoms with Crippen molar-refractivity contribution in [2.24, 2.45) is 5.92 Å². The molecule has 110 valence electrons. The van der Waals surface area contributed by atoms with Crippen LogP contribution >= 0.6 is 0 Å². The van der Waals surface area contributed by atoms with Gasteiger partial charge in [-0.1, -0.05) is 13.8 Å². The Labute approximate surface area is 115 Å². The average Bonchev–Trinajstić information content (AvgIpc) is 2.24. The van der Waals surface area contributed by atoms with Crippen LogP contribution in [0.25, 0.3) is 0 Å². The third-order valence-electron chi connectivity index (χ3n) is 2.31. The number of urea groups is 1. The van der Waals surface area contributed by atoms with E-state index in [-0.39, 0.29) is 18.2 Å². The van der Waals surface area contributed by atoms with Crippen molar-refractivity contribution >= 4 is 17.7 Å². The summed E-state index contributed by atoms with van der Waals surface area (Å²) in [7, 11) is 0. The molecule has 0 aliphatic carbocycles. The number of hydrogen-bond acceptors (Lipinski definition) is 2. The molecule has 0 aliphatic rings. The number of anilines is 1. The summed E-state index contributed by atoms with van der Waals surface area (Å²) in [6.07, 6.45) is 0. The highest BCUT2D eigenvalue weighted by atomic mass is 19.1. The molecule has 1 rings (SSSR count). The van der Waals surface area contributed by atoms with E-state index >= 15 is 0 Å². The van der Waals surface area contributed by atoms with Gasteiger partial charge in [-0.15, -0.1) is 0 Å². The first-order valence-corrected chi connectivity index (χ1v) is 6.01. The molecule has 7 heteroatoms. The molecule has 2 N–H and O–H groups in total. The summed E-state index contributed by atoms with van der Waals surface area (Å²) in [4.78, 5) is 23.7. The van der Waals surface area contributed by atoms with E-state index in [4.69, 9.17) is 5.11 Å². The van der Waals surface area contributed by atoms with Crippen LogP contribution in [0.1, 0.15) is 13.8 Å². The Morgan fingerprint density at radius 3 is 2.25 bits per heavy atom. The second-order valence-corrected chi connectivity index (χ2v) is 4.76. The highest BCUT2D eigenvalue weighted by Crippen LogP contribution is 2.14. The van der Waals surface area contributed by atoms with Gasteiger partial charge in [0.2, 0.25) is 0 Å². The number of carboxylic acids is 1. The first-order valence-electron chi connectivity index (χ1n) is 6.01. The summed E-state index contributed by atoms with van der Waals surface area (Å²) in [5, 5.41) is 11.0. The molecular formula is C13H16F2N2O3. The van der Waals surface area contributed by atoms with Crippen LogP contribution in [-0.4, -0.2) is 35.1 Å². The molecule has 0 spiro atoms. The number of carbonyl (C=O) groups is 2. The number of nitrogens with one attached hydrogen (secondary N) is 1. The van der Waals surface area contributed by atoms with Crippen molar-refractivity contribution in [3.63, 3.8) is 0 Å². The molecule has 20 heavy (non-hydrogen) atoms. The normalized spacial score (nSPS) is 10.4. The quantitative estimate of drug-likeness (QED) is 0.874. The molecule has 0 bridgehead atoms. The van der Waals surface area contributed by atoms with Gasteiger partial charge >= 0.3 is 12.0 Å². The predicted octanol–water partition coefficient (Wildman–Crippen LogP) is 2.54. The molecule has 1 aromatic carbocycles. The van der Waals surface area contributed by atoms with Gasteiger partial charge in [0.25, 0.3) is 0 Å². The van der Waals surface area contributed by atoms with Crippen LogP contribution in [0.15, 0.2) is 18.2 Å². The van der Waals surface area contributed by atoms with E-state index in [1.807, 2.05) is 13.8 Å². The van der Waals surface area contributed by atoms with Crippen molar-refractivity contribution in [1.29, 1.82) is 0 Å². The van der Waals surface area contributed by atoms with E-state index in [2.05, 4.69) is 5.32 Å². The second kappa shape index (κ2) is 6.83. The van der Waals surface area contributed by atoms with Crippen LogP contribution in [0, 0.1) is 17.6 Å². The molecule has 0 radical (unpaired) electrons. The summed E-state index contributed by atoms with van der Waals surface area (Å²) in [5.74, 6) is -2.75. The van der Waals surface area contributed by atoms with E-state index in [0.717, 1.165) is 17.0 Å². The van der Waals surface area contributed by atoms with Crippen LogP contribution in [0.3, 0.4) is 0 Å². The van der Waals surface area contributed by atoms with Gasteiger partial charge < -0.3 is 15.3 Å². The SMILES string of the molecule is CC(C)CN(CC(=O)O)C(=O)Nc1cc(F)cc(F)c1. The van der Waals surface area contributed by atoms with Crippen LogP contribution in [0.2, 0.25) is 0 Å². The van der Waals surface area contributed by atoms with Gasteiger partial charge in [0.1, 0.15) is 18.2 Å². The Hall–Kier alpha value is -2.18. The molecule has 5 nitrogen and oxygen atoms in total. The summed E-state index contributed by atoms with van der Waals surface area (Å²) in [6.45, 7) is 3.38. The number of benzene rings is 1. The molecule has 0 aliphatic heterocycles. The zero-order chi connectivity index (χ0) is 15.3. The van der Waals surface area contributed by atoms with Crippen LogP contribution in [0.5, 0.6) is 0 Å². The smallest absolute Gasteiger partial charge is 0.323 e. The number of amides is 2. The summed E-state index contributed by atoms with van der Waals surface area (Å²) < 4.78 is 26.0. The van der Waals surface area contributed by atoms with E-state index in [1.165, 1.54) is 0 Å². The molecule has 0 aromatic heterocycles. The molecule has 2 amide bonds. The number of hydrogen-bond donors (Lipinski definition) is 2. The number of carboxylic acid groups (broad SMARTS) is 1. The maximum absolute atomic E-state index is 13.0. The summed E-state index contributed by atoms with van der Waals surface area (Å²) >= 11 is 0. The minimum absolute atomic E-state index is 0.0596. The zero-order valence-electron chi connectivity index (χ0n) is 11.2. The summed E-state index contributed by atoms with van der Waals surface area (Å²) in [5.41, 5.74) is -0.0633. The molecule has 0 atom stereocenters. The van der Waals surface area contributed by atoms with Gasteiger partial charge in [0, 0.05) is 18.3 Å². The zero-order valence-corrected chi connectivity index (χ0v) is 11.2. The van der Waals surface area contributed by atoms with E-state index in [9.17, 15) is 18.4 Å². The van der Waals surface area contributed by atoms with E-state index < -0.39 is 30.2 Å². The predicted molar refractivity (Wildman–Crippen MR) is 69.4 cm³/mol. The third-order valence-corrected chi connectivity index (χ3v) is 2.31.